The number of aryl methyl sites for hydroxylation is 1. The molecule has 6 nitrogen and oxygen atoms in total. The summed E-state index contributed by atoms with van der Waals surface area (Å²) in [7, 11) is 0. The van der Waals surface area contributed by atoms with E-state index in [1.165, 1.54) is 28.2 Å². The van der Waals surface area contributed by atoms with Gasteiger partial charge >= 0.3 is 11.9 Å². The maximum atomic E-state index is 14.3. The van der Waals surface area contributed by atoms with Gasteiger partial charge in [0.2, 0.25) is 0 Å². The number of benzene rings is 1. The van der Waals surface area contributed by atoms with E-state index >= 15 is 0 Å². The summed E-state index contributed by atoms with van der Waals surface area (Å²) in [6.07, 6.45) is 3.60. The Morgan fingerprint density at radius 3 is 2.63 bits per heavy atom. The minimum atomic E-state index is -4.60. The van der Waals surface area contributed by atoms with Gasteiger partial charge in [-0.3, -0.25) is 13.9 Å². The number of alkyl halides is 3. The van der Waals surface area contributed by atoms with Crippen molar-refractivity contribution in [2.75, 3.05) is 13.1 Å². The standard InChI is InChI=1S/C31H32F3N5OS/c1-19-6-5-11-37(15-19)16-21-12-25(31(32,33)34)26-18-38(30(40)39(26)17-21)24-10-4-9-23(13-24)28(22-7-3-8-22)29-20(2)41-27(14-35)36-29/h4,9-10,12-13,17-19,22,28H,3,5-8,11,15-16H2,1-2H3/t19-,28+/m0/s1. The fourth-order valence-electron chi connectivity index (χ4n) is 6.47. The monoisotopic (exact) mass is 579 g/mol. The van der Waals surface area contributed by atoms with Gasteiger partial charge < -0.3 is 0 Å². The van der Waals surface area contributed by atoms with Crippen LogP contribution in [0.2, 0.25) is 0 Å². The third kappa shape index (κ3) is 5.33. The van der Waals surface area contributed by atoms with Crippen molar-refractivity contribution in [3.63, 3.8) is 0 Å². The van der Waals surface area contributed by atoms with Gasteiger partial charge in [-0.15, -0.1) is 11.3 Å². The van der Waals surface area contributed by atoms with E-state index in [9.17, 15) is 23.2 Å². The molecule has 0 bridgehead atoms. The fourth-order valence-corrected chi connectivity index (χ4v) is 7.23. The van der Waals surface area contributed by atoms with Crippen LogP contribution in [0.4, 0.5) is 13.2 Å². The predicted molar refractivity (Wildman–Crippen MR) is 152 cm³/mol. The maximum Gasteiger partial charge on any atom is 0.418 e. The van der Waals surface area contributed by atoms with E-state index in [2.05, 4.69) is 22.9 Å². The molecule has 2 aliphatic rings. The number of likely N-dealkylation sites (tertiary alicyclic amines) is 1. The van der Waals surface area contributed by atoms with Gasteiger partial charge in [0.1, 0.15) is 6.07 Å². The average molecular weight is 580 g/mol. The molecule has 0 radical (unpaired) electrons. The first kappa shape index (κ1) is 27.7. The van der Waals surface area contributed by atoms with Crippen LogP contribution in [0.15, 0.2) is 47.5 Å². The average Bonchev–Trinajstić information content (AvgIpc) is 3.44. The largest absolute Gasteiger partial charge is 0.418 e. The molecule has 4 heterocycles. The fraction of sp³-hybridized carbons (Fsp3) is 0.452. The lowest BCUT2D eigenvalue weighted by atomic mass is 9.71. The zero-order valence-corrected chi connectivity index (χ0v) is 23.9. The lowest BCUT2D eigenvalue weighted by Gasteiger charge is -2.34. The first-order chi connectivity index (χ1) is 19.6. The van der Waals surface area contributed by atoms with Gasteiger partial charge in [0.25, 0.3) is 0 Å². The van der Waals surface area contributed by atoms with Gasteiger partial charge in [-0.05, 0) is 80.3 Å². The number of hydrogen-bond donors (Lipinski definition) is 0. The van der Waals surface area contributed by atoms with E-state index in [0.717, 1.165) is 65.7 Å². The molecular weight excluding hydrogens is 547 g/mol. The van der Waals surface area contributed by atoms with E-state index in [0.29, 0.717) is 34.6 Å². The Hall–Kier alpha value is -3.42. The van der Waals surface area contributed by atoms with E-state index in [1.807, 2.05) is 25.1 Å². The summed E-state index contributed by atoms with van der Waals surface area (Å²) >= 11 is 1.37. The van der Waals surface area contributed by atoms with Gasteiger partial charge in [0.15, 0.2) is 5.01 Å². The molecule has 0 unspecified atom stereocenters. The molecule has 2 atom stereocenters. The molecule has 1 saturated heterocycles. The molecule has 6 rings (SSSR count). The summed E-state index contributed by atoms with van der Waals surface area (Å²) in [5, 5.41) is 9.83. The van der Waals surface area contributed by atoms with Crippen molar-refractivity contribution < 1.29 is 13.2 Å². The number of piperidine rings is 1. The molecule has 4 aromatic rings. The smallest absolute Gasteiger partial charge is 0.299 e. The molecule has 1 aliphatic carbocycles. The lowest BCUT2D eigenvalue weighted by Crippen LogP contribution is -2.34. The molecule has 10 heteroatoms. The molecule has 2 fully saturated rings. The minimum Gasteiger partial charge on any atom is -0.299 e. The summed E-state index contributed by atoms with van der Waals surface area (Å²) in [5.74, 6) is 0.812. The molecule has 3 aromatic heterocycles. The van der Waals surface area contributed by atoms with Crippen LogP contribution >= 0.6 is 11.3 Å². The van der Waals surface area contributed by atoms with Crippen molar-refractivity contribution >= 4 is 16.9 Å². The number of nitrogens with zero attached hydrogens (tertiary/aromatic N) is 5. The van der Waals surface area contributed by atoms with E-state index in [4.69, 9.17) is 0 Å². The van der Waals surface area contributed by atoms with Crippen LogP contribution in [0, 0.1) is 30.1 Å². The van der Waals surface area contributed by atoms with Gasteiger partial charge in [-0.2, -0.15) is 18.4 Å². The number of fused-ring (bicyclic) bond motifs is 1. The lowest BCUT2D eigenvalue weighted by molar-refractivity contribution is -0.136. The third-order valence-electron chi connectivity index (χ3n) is 8.63. The number of thiazole rings is 1. The number of nitriles is 1. The first-order valence-corrected chi connectivity index (χ1v) is 15.0. The number of pyridine rings is 1. The van der Waals surface area contributed by atoms with Crippen molar-refractivity contribution in [1.29, 1.82) is 5.26 Å². The molecule has 1 saturated carbocycles. The Kier molecular flexibility index (Phi) is 7.28. The Morgan fingerprint density at radius 2 is 1.98 bits per heavy atom. The highest BCUT2D eigenvalue weighted by Gasteiger charge is 2.36. The minimum absolute atomic E-state index is 0.0425. The zero-order valence-electron chi connectivity index (χ0n) is 23.1. The summed E-state index contributed by atoms with van der Waals surface area (Å²) in [5.41, 5.74) is 1.31. The van der Waals surface area contributed by atoms with Crippen molar-refractivity contribution in [3.8, 4) is 11.8 Å². The van der Waals surface area contributed by atoms with Crippen LogP contribution < -0.4 is 5.69 Å². The van der Waals surface area contributed by atoms with E-state index in [-0.39, 0.29) is 11.4 Å². The number of imidazole rings is 1. The highest BCUT2D eigenvalue weighted by Crippen LogP contribution is 2.45. The van der Waals surface area contributed by atoms with Crippen molar-refractivity contribution in [1.82, 2.24) is 18.9 Å². The molecule has 214 valence electrons. The number of rotatable bonds is 6. The Bertz CT molecular complexity index is 1690. The summed E-state index contributed by atoms with van der Waals surface area (Å²) < 4.78 is 45.3. The molecule has 0 amide bonds. The summed E-state index contributed by atoms with van der Waals surface area (Å²) in [4.78, 5) is 21.4. The zero-order chi connectivity index (χ0) is 28.9. The van der Waals surface area contributed by atoms with Crippen LogP contribution in [0.25, 0.3) is 11.2 Å². The Labute approximate surface area is 240 Å². The second kappa shape index (κ2) is 10.8. The topological polar surface area (TPSA) is 66.3 Å². The van der Waals surface area contributed by atoms with Gasteiger partial charge in [-0.1, -0.05) is 25.5 Å². The molecule has 0 N–H and O–H groups in total. The van der Waals surface area contributed by atoms with Crippen LogP contribution in [-0.2, 0) is 12.7 Å². The second-order valence-electron chi connectivity index (χ2n) is 11.6. The van der Waals surface area contributed by atoms with Crippen molar-refractivity contribution in [2.24, 2.45) is 11.8 Å². The van der Waals surface area contributed by atoms with Crippen LogP contribution in [0.3, 0.4) is 0 Å². The second-order valence-corrected chi connectivity index (χ2v) is 12.8. The van der Waals surface area contributed by atoms with Crippen LogP contribution in [0.5, 0.6) is 0 Å². The molecular formula is C31H32F3N5OS. The Morgan fingerprint density at radius 1 is 1.17 bits per heavy atom. The normalized spacial score (nSPS) is 19.3. The highest BCUT2D eigenvalue weighted by molar-refractivity contribution is 7.12. The quantitative estimate of drug-likeness (QED) is 0.249. The summed E-state index contributed by atoms with van der Waals surface area (Å²) in [6.45, 7) is 6.16. The molecule has 0 spiro atoms. The number of halogens is 3. The first-order valence-electron chi connectivity index (χ1n) is 14.2. The SMILES string of the molecule is Cc1sc(C#N)nc1[C@@H](c1cccc(-n2cc3c(C(F)(F)F)cc(CN4CCC[C@H](C)C4)cn3c2=O)c1)C1CCC1. The third-order valence-corrected chi connectivity index (χ3v) is 9.52. The van der Waals surface area contributed by atoms with Gasteiger partial charge in [0.05, 0.1) is 22.5 Å². The molecule has 1 aromatic carbocycles. The molecule has 41 heavy (non-hydrogen) atoms. The van der Waals surface area contributed by atoms with E-state index in [1.54, 1.807) is 12.3 Å². The van der Waals surface area contributed by atoms with Crippen LogP contribution in [0.1, 0.15) is 77.2 Å². The van der Waals surface area contributed by atoms with Gasteiger partial charge in [-0.25, -0.2) is 9.78 Å². The maximum absolute atomic E-state index is 14.3. The van der Waals surface area contributed by atoms with Crippen LogP contribution in [-0.4, -0.2) is 31.9 Å². The van der Waals surface area contributed by atoms with Gasteiger partial charge in [0, 0.05) is 36.3 Å². The molecule has 1 aliphatic heterocycles. The van der Waals surface area contributed by atoms with Crippen molar-refractivity contribution in [3.05, 3.63) is 85.5 Å². The highest BCUT2D eigenvalue weighted by atomic mass is 32.1. The van der Waals surface area contributed by atoms with Crippen molar-refractivity contribution in [2.45, 2.75) is 64.6 Å². The predicted octanol–water partition coefficient (Wildman–Crippen LogP) is 6.91. The number of hydrogen-bond acceptors (Lipinski definition) is 5. The Balaban J connectivity index is 1.43. The van der Waals surface area contributed by atoms with E-state index < -0.39 is 17.4 Å². The number of aromatic nitrogens is 3. The summed E-state index contributed by atoms with van der Waals surface area (Å²) in [6, 6.07) is 10.8.